The quantitative estimate of drug-likeness (QED) is 0.740. The lowest BCUT2D eigenvalue weighted by Gasteiger charge is -2.38. The summed E-state index contributed by atoms with van der Waals surface area (Å²) in [6.07, 6.45) is 1.97. The molecule has 26 heavy (non-hydrogen) atoms. The third-order valence-corrected chi connectivity index (χ3v) is 4.93. The maximum Gasteiger partial charge on any atom is 0.433 e. The number of anilines is 1. The Morgan fingerprint density at radius 3 is 2.81 bits per heavy atom. The molecule has 1 aliphatic rings. The molecule has 0 aliphatic carbocycles. The van der Waals surface area contributed by atoms with Crippen molar-refractivity contribution in [2.45, 2.75) is 31.6 Å². The molecule has 2 aromatic heterocycles. The van der Waals surface area contributed by atoms with Gasteiger partial charge in [0, 0.05) is 49.1 Å². The molecule has 1 unspecified atom stereocenters. The summed E-state index contributed by atoms with van der Waals surface area (Å²) in [4.78, 5) is 15.7. The van der Waals surface area contributed by atoms with E-state index in [1.54, 1.807) is 13.2 Å². The zero-order valence-corrected chi connectivity index (χ0v) is 15.8. The van der Waals surface area contributed by atoms with Gasteiger partial charge in [0.05, 0.1) is 0 Å². The molecule has 1 aliphatic heterocycles. The number of likely N-dealkylation sites (tertiary alicyclic amines) is 1. The number of pyridine rings is 1. The van der Waals surface area contributed by atoms with Crippen molar-refractivity contribution in [2.75, 3.05) is 25.0 Å². The Morgan fingerprint density at radius 2 is 2.08 bits per heavy atom. The predicted octanol–water partition coefficient (Wildman–Crippen LogP) is 3.75. The minimum atomic E-state index is -4.47. The molecule has 1 saturated heterocycles. The second-order valence-corrected chi connectivity index (χ2v) is 7.33. The fraction of sp³-hybridized carbons (Fsp3) is 0.471. The molecule has 0 spiro atoms. The van der Waals surface area contributed by atoms with Gasteiger partial charge in [-0.05, 0) is 46.9 Å². The maximum absolute atomic E-state index is 12.9. The van der Waals surface area contributed by atoms with Crippen molar-refractivity contribution in [3.63, 3.8) is 0 Å². The van der Waals surface area contributed by atoms with Crippen molar-refractivity contribution in [1.29, 1.82) is 0 Å². The van der Waals surface area contributed by atoms with E-state index < -0.39 is 11.9 Å². The van der Waals surface area contributed by atoms with Gasteiger partial charge in [0.2, 0.25) is 0 Å². The van der Waals surface area contributed by atoms with Crippen molar-refractivity contribution in [3.05, 3.63) is 46.6 Å². The standard InChI is InChI=1S/C17H19BrF3N5/c1-25(16-6-15(17(19,20)21)23-11-24-16)14-3-2-4-26(10-14)9-12-5-13(18)8-22-7-12/h5-8,11,14H,2-4,9-10H2,1H3. The van der Waals surface area contributed by atoms with Crippen LogP contribution in [0.1, 0.15) is 24.1 Å². The van der Waals surface area contributed by atoms with E-state index in [4.69, 9.17) is 0 Å². The first kappa shape index (κ1) is 19.0. The van der Waals surface area contributed by atoms with Crippen molar-refractivity contribution in [1.82, 2.24) is 19.9 Å². The highest BCUT2D eigenvalue weighted by Crippen LogP contribution is 2.30. The highest BCUT2D eigenvalue weighted by molar-refractivity contribution is 9.10. The molecular weight excluding hydrogens is 411 g/mol. The minimum Gasteiger partial charge on any atom is -0.355 e. The Balaban J connectivity index is 1.69. The zero-order valence-electron chi connectivity index (χ0n) is 14.2. The topological polar surface area (TPSA) is 45.2 Å². The van der Waals surface area contributed by atoms with E-state index in [1.807, 2.05) is 17.2 Å². The summed E-state index contributed by atoms with van der Waals surface area (Å²) in [7, 11) is 1.79. The Bertz CT molecular complexity index is 755. The highest BCUT2D eigenvalue weighted by Gasteiger charge is 2.33. The molecule has 3 rings (SSSR count). The van der Waals surface area contributed by atoms with Gasteiger partial charge in [-0.3, -0.25) is 9.88 Å². The van der Waals surface area contributed by atoms with Crippen LogP contribution in [0.4, 0.5) is 19.0 Å². The Hall–Kier alpha value is -1.74. The fourth-order valence-corrected chi connectivity index (χ4v) is 3.59. The smallest absolute Gasteiger partial charge is 0.355 e. The van der Waals surface area contributed by atoms with Crippen LogP contribution in [-0.4, -0.2) is 46.0 Å². The molecule has 0 aromatic carbocycles. The Labute approximate surface area is 158 Å². The fourth-order valence-electron chi connectivity index (χ4n) is 3.17. The minimum absolute atomic E-state index is 0.0971. The van der Waals surface area contributed by atoms with Gasteiger partial charge >= 0.3 is 6.18 Å². The molecule has 0 saturated carbocycles. The van der Waals surface area contributed by atoms with Crippen LogP contribution in [0.25, 0.3) is 0 Å². The molecule has 0 amide bonds. The van der Waals surface area contributed by atoms with Crippen molar-refractivity contribution >= 4 is 21.7 Å². The SMILES string of the molecule is CN(c1cc(C(F)(F)F)ncn1)C1CCCN(Cc2cncc(Br)c2)C1. The van der Waals surface area contributed by atoms with E-state index in [0.717, 1.165) is 54.9 Å². The first-order chi connectivity index (χ1) is 12.3. The predicted molar refractivity (Wildman–Crippen MR) is 95.7 cm³/mol. The molecule has 0 bridgehead atoms. The molecule has 9 heteroatoms. The third-order valence-electron chi connectivity index (χ3n) is 4.50. The number of likely N-dealkylation sites (N-methyl/N-ethyl adjacent to an activating group) is 1. The van der Waals surface area contributed by atoms with Gasteiger partial charge in [-0.2, -0.15) is 13.2 Å². The Morgan fingerprint density at radius 1 is 1.27 bits per heavy atom. The summed E-state index contributed by atoms with van der Waals surface area (Å²) in [6, 6.07) is 3.14. The third kappa shape index (κ3) is 4.70. The average Bonchev–Trinajstić information content (AvgIpc) is 2.61. The van der Waals surface area contributed by atoms with Gasteiger partial charge < -0.3 is 4.90 Å². The van der Waals surface area contributed by atoms with Gasteiger partial charge in [0.15, 0.2) is 0 Å². The van der Waals surface area contributed by atoms with Crippen LogP contribution >= 0.6 is 15.9 Å². The van der Waals surface area contributed by atoms with E-state index >= 15 is 0 Å². The first-order valence-corrected chi connectivity index (χ1v) is 9.06. The summed E-state index contributed by atoms with van der Waals surface area (Å²) in [5.41, 5.74) is 0.186. The molecule has 2 aromatic rings. The first-order valence-electron chi connectivity index (χ1n) is 8.27. The van der Waals surface area contributed by atoms with Crippen molar-refractivity contribution < 1.29 is 13.2 Å². The summed E-state index contributed by atoms with van der Waals surface area (Å²) >= 11 is 3.42. The van der Waals surface area contributed by atoms with E-state index in [1.165, 1.54) is 0 Å². The summed E-state index contributed by atoms with van der Waals surface area (Å²) in [5, 5.41) is 0. The largest absolute Gasteiger partial charge is 0.433 e. The maximum atomic E-state index is 12.9. The van der Waals surface area contributed by atoms with Gasteiger partial charge in [-0.15, -0.1) is 0 Å². The van der Waals surface area contributed by atoms with E-state index in [-0.39, 0.29) is 6.04 Å². The van der Waals surface area contributed by atoms with Crippen LogP contribution in [0.2, 0.25) is 0 Å². The van der Waals surface area contributed by atoms with Gasteiger partial charge in [0.25, 0.3) is 0 Å². The normalized spacial score (nSPS) is 18.7. The van der Waals surface area contributed by atoms with E-state index in [0.29, 0.717) is 5.82 Å². The lowest BCUT2D eigenvalue weighted by molar-refractivity contribution is -0.141. The van der Waals surface area contributed by atoms with Gasteiger partial charge in [-0.25, -0.2) is 9.97 Å². The molecule has 140 valence electrons. The molecule has 0 N–H and O–H groups in total. The zero-order chi connectivity index (χ0) is 18.7. The van der Waals surface area contributed by atoms with Crippen LogP contribution in [0.3, 0.4) is 0 Å². The van der Waals surface area contributed by atoms with Crippen LogP contribution in [0, 0.1) is 0 Å². The van der Waals surface area contributed by atoms with Crippen molar-refractivity contribution in [3.8, 4) is 0 Å². The average molecular weight is 430 g/mol. The number of hydrogen-bond acceptors (Lipinski definition) is 5. The number of aromatic nitrogens is 3. The molecule has 1 fully saturated rings. The molecular formula is C17H19BrF3N5. The lowest BCUT2D eigenvalue weighted by atomic mass is 10.0. The highest BCUT2D eigenvalue weighted by atomic mass is 79.9. The second-order valence-electron chi connectivity index (χ2n) is 6.41. The molecule has 5 nitrogen and oxygen atoms in total. The van der Waals surface area contributed by atoms with Crippen molar-refractivity contribution in [2.24, 2.45) is 0 Å². The summed E-state index contributed by atoms with van der Waals surface area (Å²) < 4.78 is 39.6. The number of hydrogen-bond donors (Lipinski definition) is 0. The van der Waals surface area contributed by atoms with Gasteiger partial charge in [-0.1, -0.05) is 0 Å². The molecule has 1 atom stereocenters. The van der Waals surface area contributed by atoms with Crippen LogP contribution in [0.15, 0.2) is 35.3 Å². The summed E-state index contributed by atoms with van der Waals surface area (Å²) in [6.45, 7) is 2.47. The number of rotatable bonds is 4. The van der Waals surface area contributed by atoms with E-state index in [9.17, 15) is 13.2 Å². The Kier molecular flexibility index (Phi) is 5.76. The number of alkyl halides is 3. The van der Waals surface area contributed by atoms with E-state index in [2.05, 4.69) is 35.8 Å². The number of nitrogens with zero attached hydrogens (tertiary/aromatic N) is 5. The van der Waals surface area contributed by atoms with Crippen LogP contribution in [0.5, 0.6) is 0 Å². The number of piperidine rings is 1. The van der Waals surface area contributed by atoms with Gasteiger partial charge in [0.1, 0.15) is 17.8 Å². The van der Waals surface area contributed by atoms with Crippen LogP contribution < -0.4 is 4.90 Å². The van der Waals surface area contributed by atoms with Crippen LogP contribution in [-0.2, 0) is 12.7 Å². The molecule has 0 radical (unpaired) electrons. The molecule has 3 heterocycles. The monoisotopic (exact) mass is 429 g/mol. The second kappa shape index (κ2) is 7.87. The lowest BCUT2D eigenvalue weighted by Crippen LogP contribution is -2.46. The number of halogens is 4. The summed E-state index contributed by atoms with van der Waals surface area (Å²) in [5.74, 6) is 0.295.